The molecule has 3 rings (SSSR count). The van der Waals surface area contributed by atoms with E-state index < -0.39 is 4.92 Å². The molecule has 0 aromatic heterocycles. The number of carbonyl (C=O) groups excluding carboxylic acids is 1. The number of nitro benzene ring substituents is 1. The zero-order valence-corrected chi connectivity index (χ0v) is 18.7. The molecule has 0 aliphatic rings. The number of carbonyl (C=O) groups is 1. The first-order chi connectivity index (χ1) is 15.0. The van der Waals surface area contributed by atoms with Crippen molar-refractivity contribution in [2.75, 3.05) is 6.54 Å². The van der Waals surface area contributed by atoms with Gasteiger partial charge < -0.3 is 17.7 Å². The number of quaternary nitrogens is 1. The summed E-state index contributed by atoms with van der Waals surface area (Å²) >= 11 is 0. The summed E-state index contributed by atoms with van der Waals surface area (Å²) in [4.78, 5) is 23.8. The van der Waals surface area contributed by atoms with E-state index in [-0.39, 0.29) is 23.9 Å². The van der Waals surface area contributed by atoms with Gasteiger partial charge in [-0.2, -0.15) is 0 Å². The van der Waals surface area contributed by atoms with E-state index in [4.69, 9.17) is 0 Å². The fraction of sp³-hybridized carbons (Fsp3) is 0.192. The minimum Gasteiger partial charge on any atom is -1.00 e. The number of nitrogens with two attached hydrogens (primary N) is 1. The van der Waals surface area contributed by atoms with Gasteiger partial charge in [0.05, 0.1) is 23.9 Å². The van der Waals surface area contributed by atoms with Crippen LogP contribution in [0, 0.1) is 10.1 Å². The molecular weight excluding hydrogens is 424 g/mol. The van der Waals surface area contributed by atoms with Gasteiger partial charge in [-0.15, -0.1) is 0 Å². The summed E-state index contributed by atoms with van der Waals surface area (Å²) in [6.07, 6.45) is 3.09. The number of rotatable bonds is 10. The predicted molar refractivity (Wildman–Crippen MR) is 123 cm³/mol. The Labute approximate surface area is 194 Å². The molecule has 6 heteroatoms. The normalized spacial score (nSPS) is 12.0. The first-order valence-corrected chi connectivity index (χ1v) is 10.4. The van der Waals surface area contributed by atoms with E-state index in [9.17, 15) is 14.9 Å². The molecular formula is C26H27ClN2O3. The van der Waals surface area contributed by atoms with Gasteiger partial charge in [0, 0.05) is 24.1 Å². The largest absolute Gasteiger partial charge is 1.00 e. The van der Waals surface area contributed by atoms with Crippen LogP contribution >= 0.6 is 0 Å². The quantitative estimate of drug-likeness (QED) is 0.219. The molecule has 1 unspecified atom stereocenters. The van der Waals surface area contributed by atoms with Crippen molar-refractivity contribution in [2.45, 2.75) is 25.8 Å². The van der Waals surface area contributed by atoms with Crippen LogP contribution in [-0.4, -0.2) is 23.3 Å². The van der Waals surface area contributed by atoms with Crippen LogP contribution in [0.1, 0.15) is 30.0 Å². The number of non-ortho nitro benzene ring substituents is 1. The average Bonchev–Trinajstić information content (AvgIpc) is 2.79. The lowest BCUT2D eigenvalue weighted by atomic mass is 9.97. The Morgan fingerprint density at radius 2 is 1.66 bits per heavy atom. The fourth-order valence-electron chi connectivity index (χ4n) is 3.54. The number of Topliss-reactive ketones (excluding diaryl/α,β-unsaturated/α-hetero) is 1. The molecule has 32 heavy (non-hydrogen) atoms. The Hall–Kier alpha value is -3.28. The SMILES string of the molecule is CC(Cc1ccccc1)[NH2+]CCC(=O)/C(=C/c1cccc([N+](=O)[O-])c1)c1ccccc1.[Cl-]. The Morgan fingerprint density at radius 1 is 1.00 bits per heavy atom. The monoisotopic (exact) mass is 450 g/mol. The summed E-state index contributed by atoms with van der Waals surface area (Å²) in [7, 11) is 0. The molecule has 3 aromatic carbocycles. The smallest absolute Gasteiger partial charge is 0.270 e. The van der Waals surface area contributed by atoms with E-state index in [1.807, 2.05) is 48.5 Å². The van der Waals surface area contributed by atoms with Gasteiger partial charge in [-0.25, -0.2) is 0 Å². The van der Waals surface area contributed by atoms with Gasteiger partial charge in [0.2, 0.25) is 0 Å². The van der Waals surface area contributed by atoms with Crippen LogP contribution in [-0.2, 0) is 11.2 Å². The van der Waals surface area contributed by atoms with Gasteiger partial charge in [0.15, 0.2) is 5.78 Å². The fourth-order valence-corrected chi connectivity index (χ4v) is 3.54. The lowest BCUT2D eigenvalue weighted by molar-refractivity contribution is -0.684. The van der Waals surface area contributed by atoms with Crippen LogP contribution in [0.5, 0.6) is 0 Å². The molecule has 0 saturated heterocycles. The molecule has 0 spiro atoms. The summed E-state index contributed by atoms with van der Waals surface area (Å²) in [5.74, 6) is 0.0286. The highest BCUT2D eigenvalue weighted by molar-refractivity contribution is 6.25. The number of allylic oxidation sites excluding steroid dienone is 1. The summed E-state index contributed by atoms with van der Waals surface area (Å²) in [5.41, 5.74) is 3.33. The Kier molecular flexibility index (Phi) is 9.79. The molecule has 5 nitrogen and oxygen atoms in total. The highest BCUT2D eigenvalue weighted by atomic mass is 35.5. The van der Waals surface area contributed by atoms with Gasteiger partial charge in [0.1, 0.15) is 0 Å². The average molecular weight is 451 g/mol. The Bertz CT molecular complexity index is 1050. The number of ketones is 1. The van der Waals surface area contributed by atoms with Crippen molar-refractivity contribution in [3.63, 3.8) is 0 Å². The maximum atomic E-state index is 13.1. The minimum absolute atomic E-state index is 0. The first kappa shape index (κ1) is 25.0. The molecule has 0 bridgehead atoms. The van der Waals surface area contributed by atoms with Gasteiger partial charge in [-0.05, 0) is 29.7 Å². The number of nitro groups is 1. The van der Waals surface area contributed by atoms with E-state index in [1.54, 1.807) is 18.2 Å². The van der Waals surface area contributed by atoms with Crippen molar-refractivity contribution in [1.29, 1.82) is 0 Å². The summed E-state index contributed by atoms with van der Waals surface area (Å²) in [5, 5.41) is 13.3. The predicted octanol–water partition coefficient (Wildman–Crippen LogP) is 1.29. The maximum Gasteiger partial charge on any atom is 0.270 e. The number of benzene rings is 3. The molecule has 0 amide bonds. The highest BCUT2D eigenvalue weighted by Gasteiger charge is 2.15. The molecule has 0 aliphatic carbocycles. The molecule has 2 N–H and O–H groups in total. The van der Waals surface area contributed by atoms with E-state index in [1.165, 1.54) is 17.7 Å². The summed E-state index contributed by atoms with van der Waals surface area (Å²) in [6, 6.07) is 26.5. The van der Waals surface area contributed by atoms with Crippen LogP contribution < -0.4 is 17.7 Å². The second-order valence-electron chi connectivity index (χ2n) is 7.64. The van der Waals surface area contributed by atoms with Crippen LogP contribution in [0.2, 0.25) is 0 Å². The molecule has 1 atom stereocenters. The summed E-state index contributed by atoms with van der Waals surface area (Å²) in [6.45, 7) is 2.85. The highest BCUT2D eigenvalue weighted by Crippen LogP contribution is 2.22. The third kappa shape index (κ3) is 7.45. The van der Waals surface area contributed by atoms with Gasteiger partial charge >= 0.3 is 0 Å². The third-order valence-corrected chi connectivity index (χ3v) is 5.12. The van der Waals surface area contributed by atoms with E-state index in [2.05, 4.69) is 24.4 Å². The van der Waals surface area contributed by atoms with Crippen molar-refractivity contribution >= 4 is 23.1 Å². The molecule has 0 heterocycles. The van der Waals surface area contributed by atoms with Gasteiger partial charge in [0.25, 0.3) is 5.69 Å². The Balaban J connectivity index is 0.00000363. The van der Waals surface area contributed by atoms with Crippen LogP contribution in [0.3, 0.4) is 0 Å². The van der Waals surface area contributed by atoms with Gasteiger partial charge in [-0.1, -0.05) is 72.8 Å². The van der Waals surface area contributed by atoms with Crippen molar-refractivity contribution in [3.05, 3.63) is 112 Å². The van der Waals surface area contributed by atoms with Crippen molar-refractivity contribution < 1.29 is 27.4 Å². The molecule has 0 fully saturated rings. The molecule has 166 valence electrons. The topological polar surface area (TPSA) is 76.8 Å². The lowest BCUT2D eigenvalue weighted by Crippen LogP contribution is -3.00. The van der Waals surface area contributed by atoms with Gasteiger partial charge in [-0.3, -0.25) is 14.9 Å². The molecule has 0 radical (unpaired) electrons. The number of nitrogens with zero attached hydrogens (tertiary/aromatic N) is 1. The first-order valence-electron chi connectivity index (χ1n) is 10.4. The molecule has 0 aliphatic heterocycles. The van der Waals surface area contributed by atoms with Crippen molar-refractivity contribution in [3.8, 4) is 0 Å². The maximum absolute atomic E-state index is 13.1. The molecule has 0 saturated carbocycles. The van der Waals surface area contributed by atoms with Crippen LogP contribution in [0.4, 0.5) is 5.69 Å². The zero-order chi connectivity index (χ0) is 22.1. The summed E-state index contributed by atoms with van der Waals surface area (Å²) < 4.78 is 0. The lowest BCUT2D eigenvalue weighted by Gasteiger charge is -2.12. The second-order valence-corrected chi connectivity index (χ2v) is 7.64. The number of halogens is 1. The van der Waals surface area contributed by atoms with E-state index in [0.717, 1.165) is 12.0 Å². The molecule has 3 aromatic rings. The van der Waals surface area contributed by atoms with Crippen LogP contribution in [0.25, 0.3) is 11.6 Å². The third-order valence-electron chi connectivity index (χ3n) is 5.12. The van der Waals surface area contributed by atoms with Crippen LogP contribution in [0.15, 0.2) is 84.9 Å². The van der Waals surface area contributed by atoms with Crippen molar-refractivity contribution in [2.24, 2.45) is 0 Å². The standard InChI is InChI=1S/C26H26N2O3.ClH/c1-20(17-21-9-4-2-5-10-21)27-16-15-26(29)25(23-12-6-3-7-13-23)19-22-11-8-14-24(18-22)28(30)31;/h2-14,18-20,27H,15-17H2,1H3;1H/b25-19+;. The second kappa shape index (κ2) is 12.5. The number of hydrogen-bond donors (Lipinski definition) is 1. The van der Waals surface area contributed by atoms with E-state index >= 15 is 0 Å². The minimum atomic E-state index is -0.426. The van der Waals surface area contributed by atoms with Crippen molar-refractivity contribution in [1.82, 2.24) is 0 Å². The Morgan fingerprint density at radius 3 is 2.31 bits per heavy atom. The zero-order valence-electron chi connectivity index (χ0n) is 18.0. The van der Waals surface area contributed by atoms with E-state index in [0.29, 0.717) is 30.1 Å². The number of hydrogen-bond acceptors (Lipinski definition) is 3.